The van der Waals surface area contributed by atoms with Gasteiger partial charge in [-0.1, -0.05) is 6.42 Å². The largest absolute Gasteiger partial charge is 0.507 e. The maximum Gasteiger partial charge on any atom is 0.269 e. The Hall–Kier alpha value is -3.19. The van der Waals surface area contributed by atoms with Crippen LogP contribution in [0.4, 0.5) is 5.69 Å². The van der Waals surface area contributed by atoms with Crippen LogP contribution in [0.2, 0.25) is 0 Å². The smallest absolute Gasteiger partial charge is 0.269 e. The first-order valence-corrected chi connectivity index (χ1v) is 9.70. The van der Waals surface area contributed by atoms with Gasteiger partial charge in [0, 0.05) is 18.7 Å². The molecule has 1 saturated heterocycles. The van der Waals surface area contributed by atoms with Gasteiger partial charge in [0.05, 0.1) is 16.1 Å². The number of nitrogens with zero attached hydrogens (tertiary/aromatic N) is 2. The van der Waals surface area contributed by atoms with Crippen LogP contribution in [0.15, 0.2) is 36.1 Å². The lowest BCUT2D eigenvalue weighted by molar-refractivity contribution is -0.384. The minimum absolute atomic E-state index is 0.0151. The van der Waals surface area contributed by atoms with Gasteiger partial charge in [0.15, 0.2) is 5.76 Å². The minimum Gasteiger partial charge on any atom is -0.507 e. The van der Waals surface area contributed by atoms with Gasteiger partial charge in [0.1, 0.15) is 11.5 Å². The van der Waals surface area contributed by atoms with Crippen molar-refractivity contribution in [2.45, 2.75) is 32.7 Å². The van der Waals surface area contributed by atoms with Crippen LogP contribution in [0.5, 0.6) is 11.5 Å². The summed E-state index contributed by atoms with van der Waals surface area (Å²) in [7, 11) is 0. The highest BCUT2D eigenvalue weighted by Gasteiger charge is 2.33. The highest BCUT2D eigenvalue weighted by atomic mass is 16.6. The van der Waals surface area contributed by atoms with Gasteiger partial charge >= 0.3 is 0 Å². The maximum absolute atomic E-state index is 13.0. The molecule has 4 rings (SSSR count). The van der Waals surface area contributed by atoms with Crippen molar-refractivity contribution >= 4 is 17.5 Å². The van der Waals surface area contributed by atoms with Crippen molar-refractivity contribution < 1.29 is 19.6 Å². The fraction of sp³-hybridized carbons (Fsp3) is 0.318. The van der Waals surface area contributed by atoms with Gasteiger partial charge in [-0.15, -0.1) is 0 Å². The van der Waals surface area contributed by atoms with Crippen molar-refractivity contribution in [2.24, 2.45) is 0 Å². The summed E-state index contributed by atoms with van der Waals surface area (Å²) in [6, 6.07) is 7.54. The molecule has 2 aliphatic heterocycles. The molecule has 2 heterocycles. The van der Waals surface area contributed by atoms with Gasteiger partial charge in [-0.3, -0.25) is 19.8 Å². The second kappa shape index (κ2) is 7.67. The van der Waals surface area contributed by atoms with Crippen LogP contribution in [-0.4, -0.2) is 33.8 Å². The Bertz CT molecular complexity index is 1000. The molecule has 0 bridgehead atoms. The number of ketones is 1. The molecule has 0 saturated carbocycles. The Balaban J connectivity index is 1.66. The molecule has 0 atom stereocenters. The monoisotopic (exact) mass is 394 g/mol. The summed E-state index contributed by atoms with van der Waals surface area (Å²) in [5.74, 6) is 0.473. The zero-order chi connectivity index (χ0) is 20.5. The van der Waals surface area contributed by atoms with E-state index >= 15 is 0 Å². The van der Waals surface area contributed by atoms with E-state index in [-0.39, 0.29) is 23.0 Å². The molecule has 0 amide bonds. The molecular weight excluding hydrogens is 372 g/mol. The zero-order valence-corrected chi connectivity index (χ0v) is 16.2. The van der Waals surface area contributed by atoms with Crippen molar-refractivity contribution in [3.63, 3.8) is 0 Å². The predicted molar refractivity (Wildman–Crippen MR) is 108 cm³/mol. The Morgan fingerprint density at radius 2 is 1.90 bits per heavy atom. The zero-order valence-electron chi connectivity index (χ0n) is 16.2. The Morgan fingerprint density at radius 3 is 2.55 bits per heavy atom. The molecule has 7 nitrogen and oxygen atoms in total. The number of hydrogen-bond acceptors (Lipinski definition) is 6. The molecule has 2 aromatic rings. The molecule has 0 aliphatic carbocycles. The van der Waals surface area contributed by atoms with E-state index < -0.39 is 4.92 Å². The van der Waals surface area contributed by atoms with Crippen LogP contribution in [0.25, 0.3) is 6.08 Å². The van der Waals surface area contributed by atoms with Gasteiger partial charge in [0.25, 0.3) is 5.69 Å². The number of aromatic hydroxyl groups is 1. The summed E-state index contributed by atoms with van der Waals surface area (Å²) < 4.78 is 5.93. The molecule has 29 heavy (non-hydrogen) atoms. The number of ether oxygens (including phenoxy) is 1. The number of allylic oxidation sites excluding steroid dienone is 1. The third-order valence-electron chi connectivity index (χ3n) is 5.45. The number of aryl methyl sites for hydroxylation is 1. The number of nitro benzene ring substituents is 1. The number of phenolic OH excluding ortho intramolecular Hbond substituents is 1. The number of non-ortho nitro benzene ring substituents is 1. The normalized spacial score (nSPS) is 18.0. The third-order valence-corrected chi connectivity index (χ3v) is 5.45. The maximum atomic E-state index is 13.0. The van der Waals surface area contributed by atoms with Gasteiger partial charge < -0.3 is 9.84 Å². The molecule has 1 N–H and O–H groups in total. The van der Waals surface area contributed by atoms with E-state index in [2.05, 4.69) is 4.90 Å². The first-order chi connectivity index (χ1) is 13.9. The van der Waals surface area contributed by atoms with Crippen molar-refractivity contribution in [2.75, 3.05) is 13.1 Å². The van der Waals surface area contributed by atoms with Crippen molar-refractivity contribution in [3.05, 3.63) is 68.5 Å². The Labute approximate surface area is 168 Å². The third kappa shape index (κ3) is 3.73. The summed E-state index contributed by atoms with van der Waals surface area (Å²) in [5, 5.41) is 21.3. The lowest BCUT2D eigenvalue weighted by Gasteiger charge is -2.27. The first-order valence-electron chi connectivity index (χ1n) is 9.70. The molecule has 0 spiro atoms. The van der Waals surface area contributed by atoms with Crippen molar-refractivity contribution in [3.8, 4) is 11.5 Å². The number of nitro groups is 1. The molecule has 0 radical (unpaired) electrons. The van der Waals surface area contributed by atoms with Crippen LogP contribution < -0.4 is 4.74 Å². The number of likely N-dealkylation sites (tertiary alicyclic amines) is 1. The number of rotatable bonds is 4. The lowest BCUT2D eigenvalue weighted by Crippen LogP contribution is -2.29. The van der Waals surface area contributed by atoms with Crippen molar-refractivity contribution in [1.82, 2.24) is 4.90 Å². The number of hydrogen-bond donors (Lipinski definition) is 1. The summed E-state index contributed by atoms with van der Waals surface area (Å²) in [4.78, 5) is 25.6. The van der Waals surface area contributed by atoms with E-state index in [4.69, 9.17) is 4.74 Å². The molecule has 7 heteroatoms. The van der Waals surface area contributed by atoms with Gasteiger partial charge in [-0.05, 0) is 68.3 Å². The van der Waals surface area contributed by atoms with Crippen LogP contribution >= 0.6 is 0 Å². The average molecular weight is 394 g/mol. The fourth-order valence-corrected chi connectivity index (χ4v) is 3.92. The van der Waals surface area contributed by atoms with Crippen LogP contribution in [0, 0.1) is 17.0 Å². The van der Waals surface area contributed by atoms with Crippen molar-refractivity contribution in [1.29, 1.82) is 0 Å². The predicted octanol–water partition coefficient (Wildman–Crippen LogP) is 4.21. The van der Waals surface area contributed by atoms with Crippen LogP contribution in [0.3, 0.4) is 0 Å². The van der Waals surface area contributed by atoms with E-state index in [1.54, 1.807) is 31.2 Å². The van der Waals surface area contributed by atoms with Crippen LogP contribution in [-0.2, 0) is 6.54 Å². The second-order valence-electron chi connectivity index (χ2n) is 7.52. The molecule has 2 aliphatic rings. The summed E-state index contributed by atoms with van der Waals surface area (Å²) in [6.45, 7) is 4.23. The van der Waals surface area contributed by atoms with Gasteiger partial charge in [0.2, 0.25) is 5.78 Å². The van der Waals surface area contributed by atoms with E-state index in [1.165, 1.54) is 18.6 Å². The number of benzene rings is 2. The summed E-state index contributed by atoms with van der Waals surface area (Å²) in [6.07, 6.45) is 5.04. The summed E-state index contributed by atoms with van der Waals surface area (Å²) in [5.41, 5.74) is 2.39. The molecule has 0 unspecified atom stereocenters. The molecule has 0 aromatic heterocycles. The van der Waals surface area contributed by atoms with E-state index in [9.17, 15) is 20.0 Å². The van der Waals surface area contributed by atoms with Crippen LogP contribution in [0.1, 0.15) is 46.3 Å². The molecule has 150 valence electrons. The van der Waals surface area contributed by atoms with Gasteiger partial charge in [-0.25, -0.2) is 0 Å². The standard InChI is InChI=1S/C22H22N2O5/c1-14-11-18(25)17(13-23-9-3-2-4-10-23)22-20(14)21(26)19(29-22)12-15-5-7-16(8-6-15)24(27)28/h5-8,11-12,25H,2-4,9-10,13H2,1H3/b19-12-. The topological polar surface area (TPSA) is 92.9 Å². The quantitative estimate of drug-likeness (QED) is 0.474. The highest BCUT2D eigenvalue weighted by Crippen LogP contribution is 2.42. The van der Waals surface area contributed by atoms with E-state index in [0.717, 1.165) is 25.9 Å². The van der Waals surface area contributed by atoms with E-state index in [0.29, 0.717) is 34.5 Å². The molecule has 1 fully saturated rings. The number of phenols is 1. The molecule has 2 aromatic carbocycles. The number of piperidine rings is 1. The van der Waals surface area contributed by atoms with Gasteiger partial charge in [-0.2, -0.15) is 0 Å². The number of Topliss-reactive ketones (excluding diaryl/α,β-unsaturated/α-hetero) is 1. The number of carbonyl (C=O) groups is 1. The van der Waals surface area contributed by atoms with E-state index in [1.807, 2.05) is 0 Å². The number of carbonyl (C=O) groups excluding carboxylic acids is 1. The second-order valence-corrected chi connectivity index (χ2v) is 7.52. The molecular formula is C22H22N2O5. The lowest BCUT2D eigenvalue weighted by atomic mass is 9.98. The summed E-state index contributed by atoms with van der Waals surface area (Å²) >= 11 is 0. The average Bonchev–Trinajstić information content (AvgIpc) is 3.03. The first kappa shape index (κ1) is 19.1. The Morgan fingerprint density at radius 1 is 1.21 bits per heavy atom. The highest BCUT2D eigenvalue weighted by molar-refractivity contribution is 6.15. The minimum atomic E-state index is -0.469. The fourth-order valence-electron chi connectivity index (χ4n) is 3.92. The SMILES string of the molecule is Cc1cc(O)c(CN2CCCCC2)c2c1C(=O)/C(=C/c1ccc([N+](=O)[O-])cc1)O2. The Kier molecular flexibility index (Phi) is 5.07. The number of fused-ring (bicyclic) bond motifs is 1.